The fourth-order valence-corrected chi connectivity index (χ4v) is 2.92. The number of carbonyl (C=O) groups excluding carboxylic acids is 1. The number of benzene rings is 1. The van der Waals surface area contributed by atoms with Crippen molar-refractivity contribution in [2.75, 3.05) is 6.61 Å². The Hall–Kier alpha value is -2.89. The highest BCUT2D eigenvalue weighted by Gasteiger charge is 2.17. The zero-order valence-electron chi connectivity index (χ0n) is 14.4. The normalized spacial score (nSPS) is 11.0. The van der Waals surface area contributed by atoms with Gasteiger partial charge in [0.05, 0.1) is 12.8 Å². The number of fused-ring (bicyclic) bond motifs is 1. The van der Waals surface area contributed by atoms with Gasteiger partial charge in [-0.25, -0.2) is 4.79 Å². The number of hydrogen-bond acceptors (Lipinski definition) is 4. The predicted octanol–water partition coefficient (Wildman–Crippen LogP) is 2.61. The lowest BCUT2D eigenvalue weighted by molar-refractivity contribution is 0.0522. The maximum Gasteiger partial charge on any atom is 0.345 e. The number of ether oxygens (including phenoxy) is 1. The van der Waals surface area contributed by atoms with E-state index in [1.165, 1.54) is 15.6 Å². The highest BCUT2D eigenvalue weighted by atomic mass is 16.5. The first-order valence-corrected chi connectivity index (χ1v) is 8.40. The van der Waals surface area contributed by atoms with Crippen molar-refractivity contribution < 1.29 is 9.53 Å². The molecule has 25 heavy (non-hydrogen) atoms. The van der Waals surface area contributed by atoms with Crippen LogP contribution in [0.4, 0.5) is 0 Å². The van der Waals surface area contributed by atoms with Crippen LogP contribution < -0.4 is 5.56 Å². The largest absolute Gasteiger partial charge is 0.462 e. The van der Waals surface area contributed by atoms with Crippen molar-refractivity contribution in [1.29, 1.82) is 0 Å². The van der Waals surface area contributed by atoms with E-state index >= 15 is 0 Å². The summed E-state index contributed by atoms with van der Waals surface area (Å²) in [6.45, 7) is 4.71. The molecule has 0 aliphatic heterocycles. The number of hydrogen-bond donors (Lipinski definition) is 0. The van der Waals surface area contributed by atoms with Crippen molar-refractivity contribution in [3.8, 4) is 0 Å². The molecule has 2 aromatic heterocycles. The molecule has 0 unspecified atom stereocenters. The summed E-state index contributed by atoms with van der Waals surface area (Å²) in [6.07, 6.45) is 4.95. The van der Waals surface area contributed by atoms with Gasteiger partial charge >= 0.3 is 5.97 Å². The van der Waals surface area contributed by atoms with E-state index in [9.17, 15) is 9.59 Å². The third-order valence-electron chi connectivity index (χ3n) is 4.23. The molecule has 1 aromatic carbocycles. The quantitative estimate of drug-likeness (QED) is 0.648. The third-order valence-corrected chi connectivity index (χ3v) is 4.23. The molecule has 0 radical (unpaired) electrons. The molecule has 0 spiro atoms. The highest BCUT2D eigenvalue weighted by Crippen LogP contribution is 2.12. The lowest BCUT2D eigenvalue weighted by atomic mass is 10.0. The monoisotopic (exact) mass is 339 g/mol. The zero-order valence-corrected chi connectivity index (χ0v) is 14.4. The second-order valence-corrected chi connectivity index (χ2v) is 5.89. The van der Waals surface area contributed by atoms with Gasteiger partial charge < -0.3 is 9.30 Å². The molecule has 6 nitrogen and oxygen atoms in total. The summed E-state index contributed by atoms with van der Waals surface area (Å²) in [5, 5.41) is 4.04. The minimum Gasteiger partial charge on any atom is -0.462 e. The van der Waals surface area contributed by atoms with Crippen LogP contribution in [0.5, 0.6) is 0 Å². The molecular formula is C19H21N3O3. The molecule has 0 amide bonds. The Morgan fingerprint density at radius 2 is 2.04 bits per heavy atom. The van der Waals surface area contributed by atoms with Crippen molar-refractivity contribution in [2.24, 2.45) is 0 Å². The highest BCUT2D eigenvalue weighted by molar-refractivity contribution is 5.88. The van der Waals surface area contributed by atoms with Gasteiger partial charge in [0.1, 0.15) is 11.2 Å². The average Bonchev–Trinajstić information content (AvgIpc) is 3.09. The van der Waals surface area contributed by atoms with Gasteiger partial charge in [-0.2, -0.15) is 9.61 Å². The summed E-state index contributed by atoms with van der Waals surface area (Å²) < 4.78 is 8.12. The molecule has 0 aliphatic carbocycles. The Balaban J connectivity index is 1.86. The van der Waals surface area contributed by atoms with E-state index in [1.807, 2.05) is 16.7 Å². The van der Waals surface area contributed by atoms with E-state index in [0.717, 1.165) is 12.8 Å². The molecule has 0 aliphatic rings. The second-order valence-electron chi connectivity index (χ2n) is 5.89. The van der Waals surface area contributed by atoms with Gasteiger partial charge in [0.2, 0.25) is 0 Å². The van der Waals surface area contributed by atoms with Crippen LogP contribution in [0, 0.1) is 6.92 Å². The molecule has 130 valence electrons. The van der Waals surface area contributed by atoms with Gasteiger partial charge in [-0.1, -0.05) is 24.3 Å². The van der Waals surface area contributed by atoms with Crippen LogP contribution in [0.3, 0.4) is 0 Å². The van der Waals surface area contributed by atoms with E-state index in [0.29, 0.717) is 12.2 Å². The molecule has 3 aromatic rings. The van der Waals surface area contributed by atoms with Crippen LogP contribution in [-0.4, -0.2) is 26.8 Å². The molecule has 2 heterocycles. The number of aryl methyl sites for hydroxylation is 3. The summed E-state index contributed by atoms with van der Waals surface area (Å²) in [7, 11) is 0. The first-order valence-electron chi connectivity index (χ1n) is 8.40. The van der Waals surface area contributed by atoms with Gasteiger partial charge in [0.25, 0.3) is 5.56 Å². The zero-order chi connectivity index (χ0) is 17.8. The molecule has 0 N–H and O–H groups in total. The van der Waals surface area contributed by atoms with Crippen molar-refractivity contribution >= 4 is 11.6 Å². The van der Waals surface area contributed by atoms with Crippen molar-refractivity contribution in [3.05, 3.63) is 69.8 Å². The minimum atomic E-state index is -0.613. The van der Waals surface area contributed by atoms with Gasteiger partial charge in [0, 0.05) is 18.8 Å². The second kappa shape index (κ2) is 7.34. The number of rotatable bonds is 6. The molecule has 0 atom stereocenters. The number of aromatic nitrogens is 3. The van der Waals surface area contributed by atoms with Crippen molar-refractivity contribution in [2.45, 2.75) is 33.2 Å². The van der Waals surface area contributed by atoms with Crippen LogP contribution in [0.1, 0.15) is 34.8 Å². The topological polar surface area (TPSA) is 65.6 Å². The summed E-state index contributed by atoms with van der Waals surface area (Å²) in [6, 6.07) is 10.1. The first-order chi connectivity index (χ1) is 12.1. The molecule has 0 saturated carbocycles. The standard InChI is InChI=1S/C19H21N3O3/c1-3-25-19(24)16-13-21(17-10-11-20-22(17)18(16)23)12-6-9-15-8-5-4-7-14(15)2/h4-5,7-8,10-11,13H,3,6,9,12H2,1-2H3. The summed E-state index contributed by atoms with van der Waals surface area (Å²) in [5.41, 5.74) is 2.80. The summed E-state index contributed by atoms with van der Waals surface area (Å²) >= 11 is 0. The maximum absolute atomic E-state index is 12.4. The Kier molecular flexibility index (Phi) is 4.97. The van der Waals surface area contributed by atoms with E-state index in [2.05, 4.69) is 24.2 Å². The number of carbonyl (C=O) groups is 1. The fourth-order valence-electron chi connectivity index (χ4n) is 2.92. The lowest BCUT2D eigenvalue weighted by Crippen LogP contribution is -2.27. The van der Waals surface area contributed by atoms with Crippen LogP contribution >= 0.6 is 0 Å². The Labute approximate surface area is 145 Å². The maximum atomic E-state index is 12.4. The molecule has 6 heteroatoms. The van der Waals surface area contributed by atoms with Gasteiger partial charge in [-0.3, -0.25) is 4.79 Å². The summed E-state index contributed by atoms with van der Waals surface area (Å²) in [5.74, 6) is -0.613. The summed E-state index contributed by atoms with van der Waals surface area (Å²) in [4.78, 5) is 24.4. The van der Waals surface area contributed by atoms with Crippen molar-refractivity contribution in [3.63, 3.8) is 0 Å². The van der Waals surface area contributed by atoms with Crippen LogP contribution in [0.2, 0.25) is 0 Å². The lowest BCUT2D eigenvalue weighted by Gasteiger charge is -2.12. The Bertz CT molecular complexity index is 956. The van der Waals surface area contributed by atoms with E-state index < -0.39 is 11.5 Å². The first kappa shape index (κ1) is 17.0. The Morgan fingerprint density at radius 1 is 1.24 bits per heavy atom. The van der Waals surface area contributed by atoms with Crippen molar-refractivity contribution in [1.82, 2.24) is 14.2 Å². The minimum absolute atomic E-state index is 0.00828. The number of nitrogens with zero attached hydrogens (tertiary/aromatic N) is 3. The van der Waals surface area contributed by atoms with Crippen LogP contribution in [-0.2, 0) is 17.7 Å². The van der Waals surface area contributed by atoms with E-state index in [1.54, 1.807) is 25.4 Å². The van der Waals surface area contributed by atoms with Gasteiger partial charge in [-0.05, 0) is 37.8 Å². The van der Waals surface area contributed by atoms with Gasteiger partial charge in [0.15, 0.2) is 0 Å². The molecule has 3 rings (SSSR count). The number of esters is 1. The molecule has 0 fully saturated rings. The molecule has 0 saturated heterocycles. The van der Waals surface area contributed by atoms with Crippen LogP contribution in [0.25, 0.3) is 5.65 Å². The molecular weight excluding hydrogens is 318 g/mol. The van der Waals surface area contributed by atoms with E-state index in [-0.39, 0.29) is 12.2 Å². The van der Waals surface area contributed by atoms with E-state index in [4.69, 9.17) is 4.74 Å². The smallest absolute Gasteiger partial charge is 0.345 e. The predicted molar refractivity (Wildman–Crippen MR) is 94.9 cm³/mol. The SMILES string of the molecule is CCOC(=O)c1cn(CCCc2ccccc2C)c2ccnn2c1=O. The Morgan fingerprint density at radius 3 is 2.80 bits per heavy atom. The third kappa shape index (κ3) is 3.47. The van der Waals surface area contributed by atoms with Crippen LogP contribution in [0.15, 0.2) is 47.5 Å². The average molecular weight is 339 g/mol. The molecule has 0 bridgehead atoms. The fraction of sp³-hybridized carbons (Fsp3) is 0.316. The van der Waals surface area contributed by atoms with Gasteiger partial charge in [-0.15, -0.1) is 0 Å².